The lowest BCUT2D eigenvalue weighted by Crippen LogP contribution is -2.11. The Kier molecular flexibility index (Phi) is 6.77. The Morgan fingerprint density at radius 2 is 0.878 bits per heavy atom. The van der Waals surface area contributed by atoms with E-state index in [2.05, 4.69) is 120 Å². The second kappa shape index (κ2) is 11.6. The number of anilines is 3. The van der Waals surface area contributed by atoms with Gasteiger partial charge in [-0.25, -0.2) is 0 Å². The first-order valence-electron chi connectivity index (χ1n) is 16.4. The quantitative estimate of drug-likeness (QED) is 0.141. The first kappa shape index (κ1) is 28.6. The zero-order valence-electron chi connectivity index (χ0n) is 26.5. The van der Waals surface area contributed by atoms with Gasteiger partial charge in [-0.05, 0) is 98.1 Å². The number of carbonyl (C=O) groups is 2. The van der Waals surface area contributed by atoms with Crippen molar-refractivity contribution in [2.75, 3.05) is 4.90 Å². The Labute approximate surface area is 284 Å². The molecule has 0 atom stereocenters. The lowest BCUT2D eigenvalue weighted by molar-refractivity contribution is 0.0990. The lowest BCUT2D eigenvalue weighted by Gasteiger charge is -2.28. The first-order chi connectivity index (χ1) is 24.1. The number of carbonyl (C=O) groups excluding carboxylic acids is 2. The molecule has 0 spiro atoms. The van der Waals surface area contributed by atoms with Crippen molar-refractivity contribution >= 4 is 67.0 Å². The molecule has 3 heteroatoms. The third kappa shape index (κ3) is 5.00. The minimum Gasteiger partial charge on any atom is -0.310 e. The van der Waals surface area contributed by atoms with Crippen LogP contribution in [0, 0.1) is 0 Å². The van der Waals surface area contributed by atoms with Gasteiger partial charge in [-0.1, -0.05) is 121 Å². The lowest BCUT2D eigenvalue weighted by atomic mass is 10.00. The third-order valence-electron chi connectivity index (χ3n) is 9.50. The van der Waals surface area contributed by atoms with E-state index in [9.17, 15) is 9.59 Å². The maximum atomic E-state index is 13.4. The van der Waals surface area contributed by atoms with Crippen LogP contribution in [0.2, 0.25) is 0 Å². The number of fused-ring (bicyclic) bond motifs is 4. The van der Waals surface area contributed by atoms with Crippen molar-refractivity contribution in [3.63, 3.8) is 0 Å². The molecule has 49 heavy (non-hydrogen) atoms. The van der Waals surface area contributed by atoms with Gasteiger partial charge in [-0.3, -0.25) is 9.59 Å². The monoisotopic (exact) mass is 627 g/mol. The van der Waals surface area contributed by atoms with Gasteiger partial charge in [0.25, 0.3) is 0 Å². The van der Waals surface area contributed by atoms with E-state index in [0.717, 1.165) is 55.3 Å². The fourth-order valence-electron chi connectivity index (χ4n) is 7.06. The highest BCUT2D eigenvalue weighted by molar-refractivity contribution is 6.42. The maximum Gasteiger partial charge on any atom is 0.197 e. The second-order valence-electron chi connectivity index (χ2n) is 12.5. The minimum absolute atomic E-state index is 0.210. The van der Waals surface area contributed by atoms with E-state index in [1.807, 2.05) is 54.6 Å². The predicted molar refractivity (Wildman–Crippen MR) is 202 cm³/mol. The highest BCUT2D eigenvalue weighted by Gasteiger charge is 2.33. The number of nitrogens with zero attached hydrogens (tertiary/aromatic N) is 1. The Balaban J connectivity index is 1.13. The molecule has 0 aromatic heterocycles. The van der Waals surface area contributed by atoms with Gasteiger partial charge >= 0.3 is 0 Å². The van der Waals surface area contributed by atoms with Crippen molar-refractivity contribution in [2.24, 2.45) is 0 Å². The van der Waals surface area contributed by atoms with Crippen molar-refractivity contribution in [1.29, 1.82) is 0 Å². The summed E-state index contributed by atoms with van der Waals surface area (Å²) < 4.78 is 0. The van der Waals surface area contributed by atoms with Gasteiger partial charge in [0.15, 0.2) is 11.6 Å². The van der Waals surface area contributed by atoms with Crippen LogP contribution in [0.15, 0.2) is 175 Å². The van der Waals surface area contributed by atoms with Crippen LogP contribution < -0.4 is 4.90 Å². The molecule has 0 saturated carbocycles. The molecule has 0 N–H and O–H groups in total. The molecule has 0 unspecified atom stereocenters. The fraction of sp³-hybridized carbons (Fsp3) is 0. The van der Waals surface area contributed by atoms with Crippen LogP contribution in [0.1, 0.15) is 26.3 Å². The topological polar surface area (TPSA) is 37.4 Å². The van der Waals surface area contributed by atoms with Crippen molar-refractivity contribution in [3.05, 3.63) is 192 Å². The van der Waals surface area contributed by atoms with Crippen LogP contribution in [0.4, 0.5) is 17.1 Å². The van der Waals surface area contributed by atoms with Crippen molar-refractivity contribution in [1.82, 2.24) is 0 Å². The molecule has 0 saturated heterocycles. The van der Waals surface area contributed by atoms with E-state index in [1.165, 1.54) is 10.8 Å². The summed E-state index contributed by atoms with van der Waals surface area (Å²) in [5.74, 6) is -0.436. The van der Waals surface area contributed by atoms with Gasteiger partial charge in [-0.2, -0.15) is 0 Å². The molecule has 0 aliphatic heterocycles. The number of allylic oxidation sites excluding steroid dienone is 1. The highest BCUT2D eigenvalue weighted by Crippen LogP contribution is 2.42. The average Bonchev–Trinajstić information content (AvgIpc) is 3.38. The van der Waals surface area contributed by atoms with Crippen molar-refractivity contribution in [2.45, 2.75) is 0 Å². The Morgan fingerprint density at radius 3 is 1.55 bits per heavy atom. The summed E-state index contributed by atoms with van der Waals surface area (Å²) in [6.45, 7) is 0. The summed E-state index contributed by atoms with van der Waals surface area (Å²) >= 11 is 0. The summed E-state index contributed by atoms with van der Waals surface area (Å²) in [6, 6.07) is 58.1. The largest absolute Gasteiger partial charge is 0.310 e. The molecule has 1 aliphatic carbocycles. The first-order valence-corrected chi connectivity index (χ1v) is 16.4. The number of benzene rings is 8. The van der Waals surface area contributed by atoms with E-state index >= 15 is 0 Å². The van der Waals surface area contributed by atoms with E-state index in [0.29, 0.717) is 11.1 Å². The number of hydrogen-bond donors (Lipinski definition) is 0. The van der Waals surface area contributed by atoms with Gasteiger partial charge in [0.05, 0.1) is 11.3 Å². The molecular formula is C46H29NO2. The second-order valence-corrected chi connectivity index (χ2v) is 12.5. The Hall–Kier alpha value is -6.58. The SMILES string of the molecule is O=C1C(=Cc2ccc3cc(N(c4ccc5ccccc5c4)c4ccccc4-c4ccccc4)ccc3c2)C(=O)c2cc3ccccc3cc21. The average molecular weight is 628 g/mol. The zero-order chi connectivity index (χ0) is 32.9. The number of ketones is 2. The summed E-state index contributed by atoms with van der Waals surface area (Å²) in [4.78, 5) is 29.2. The zero-order valence-corrected chi connectivity index (χ0v) is 26.5. The van der Waals surface area contributed by atoms with E-state index < -0.39 is 0 Å². The molecule has 8 aromatic rings. The van der Waals surface area contributed by atoms with E-state index in [1.54, 1.807) is 6.08 Å². The van der Waals surface area contributed by atoms with Gasteiger partial charge in [0.2, 0.25) is 0 Å². The normalized spacial score (nSPS) is 12.5. The summed E-state index contributed by atoms with van der Waals surface area (Å²) in [6.07, 6.45) is 1.74. The van der Waals surface area contributed by atoms with Gasteiger partial charge < -0.3 is 4.90 Å². The number of hydrogen-bond acceptors (Lipinski definition) is 3. The third-order valence-corrected chi connectivity index (χ3v) is 9.50. The van der Waals surface area contributed by atoms with Crippen LogP contribution in [-0.4, -0.2) is 11.6 Å². The molecule has 0 heterocycles. The fourth-order valence-corrected chi connectivity index (χ4v) is 7.06. The number of rotatable bonds is 5. The van der Waals surface area contributed by atoms with Crippen molar-refractivity contribution < 1.29 is 9.59 Å². The van der Waals surface area contributed by atoms with Crippen LogP contribution in [-0.2, 0) is 0 Å². The minimum atomic E-state index is -0.218. The van der Waals surface area contributed by atoms with E-state index in [4.69, 9.17) is 0 Å². The maximum absolute atomic E-state index is 13.4. The Bertz CT molecular complexity index is 2600. The predicted octanol–water partition coefficient (Wildman–Crippen LogP) is 11.7. The molecule has 8 aromatic carbocycles. The Morgan fingerprint density at radius 1 is 0.388 bits per heavy atom. The van der Waals surface area contributed by atoms with E-state index in [-0.39, 0.29) is 17.1 Å². The summed E-state index contributed by atoms with van der Waals surface area (Å²) in [7, 11) is 0. The molecular weight excluding hydrogens is 599 g/mol. The summed E-state index contributed by atoms with van der Waals surface area (Å²) in [5.41, 5.74) is 7.43. The standard InChI is InChI=1S/C46H29NO2/c48-45-41-28-34-14-6-7-15-35(34)29-42(41)46(49)43(45)25-30-18-19-37-27-39(23-21-36(37)24-30)47(38-22-20-31-10-4-5-13-33(31)26-38)44-17-9-8-16-40(44)32-11-2-1-3-12-32/h1-29H. The molecule has 0 radical (unpaired) electrons. The molecule has 0 amide bonds. The van der Waals surface area contributed by atoms with Crippen LogP contribution in [0.25, 0.3) is 49.5 Å². The molecule has 3 nitrogen and oxygen atoms in total. The number of Topliss-reactive ketones (excluding diaryl/α,β-unsaturated/α-hetero) is 2. The molecule has 0 bridgehead atoms. The summed E-state index contributed by atoms with van der Waals surface area (Å²) in [5, 5.41) is 6.35. The molecule has 0 fully saturated rings. The van der Waals surface area contributed by atoms with Gasteiger partial charge in [-0.15, -0.1) is 0 Å². The smallest absolute Gasteiger partial charge is 0.197 e. The molecule has 1 aliphatic rings. The molecule has 230 valence electrons. The number of para-hydroxylation sites is 1. The molecule has 9 rings (SSSR count). The van der Waals surface area contributed by atoms with Gasteiger partial charge in [0, 0.05) is 28.1 Å². The highest BCUT2D eigenvalue weighted by atomic mass is 16.2. The van der Waals surface area contributed by atoms with Crippen LogP contribution in [0.3, 0.4) is 0 Å². The van der Waals surface area contributed by atoms with Crippen LogP contribution in [0.5, 0.6) is 0 Å². The van der Waals surface area contributed by atoms with Crippen molar-refractivity contribution in [3.8, 4) is 11.1 Å². The van der Waals surface area contributed by atoms with Gasteiger partial charge in [0.1, 0.15) is 0 Å². The van der Waals surface area contributed by atoms with Crippen LogP contribution >= 0.6 is 0 Å².